The second-order valence-electron chi connectivity index (χ2n) is 7.36. The molecule has 166 valence electrons. The van der Waals surface area contributed by atoms with Gasteiger partial charge in [-0.25, -0.2) is 4.79 Å². The van der Waals surface area contributed by atoms with Crippen LogP contribution in [-0.2, 0) is 25.7 Å². The van der Waals surface area contributed by atoms with Crippen LogP contribution < -0.4 is 0 Å². The Morgan fingerprint density at radius 2 is 1.75 bits per heavy atom. The summed E-state index contributed by atoms with van der Waals surface area (Å²) in [6.45, 7) is 2.78. The summed E-state index contributed by atoms with van der Waals surface area (Å²) in [6, 6.07) is 14.1. The van der Waals surface area contributed by atoms with Gasteiger partial charge in [-0.05, 0) is 37.1 Å². The number of hydrogen-bond acceptors (Lipinski definition) is 7. The van der Waals surface area contributed by atoms with Gasteiger partial charge < -0.3 is 14.7 Å². The molecule has 2 aromatic carbocycles. The van der Waals surface area contributed by atoms with Gasteiger partial charge in [0.2, 0.25) is 0 Å². The van der Waals surface area contributed by atoms with E-state index in [1.165, 1.54) is 36.1 Å². The molecule has 1 aliphatic heterocycles. The summed E-state index contributed by atoms with van der Waals surface area (Å²) in [6.07, 6.45) is -0.609. The number of non-ortho nitro benzene ring substituents is 1. The number of ketones is 1. The van der Waals surface area contributed by atoms with Gasteiger partial charge >= 0.3 is 5.97 Å². The molecule has 1 heterocycles. The minimum Gasteiger partial charge on any atom is -0.462 e. The zero-order chi connectivity index (χ0) is 23.5. The minimum absolute atomic E-state index is 0.00904. The first kappa shape index (κ1) is 22.8. The summed E-state index contributed by atoms with van der Waals surface area (Å²) in [5, 5.41) is 22.4. The summed E-state index contributed by atoms with van der Waals surface area (Å²) in [4.78, 5) is 49.9. The van der Waals surface area contributed by atoms with E-state index < -0.39 is 34.6 Å². The van der Waals surface area contributed by atoms with Crippen LogP contribution in [0.25, 0.3) is 5.70 Å². The first-order valence-corrected chi connectivity index (χ1v) is 9.93. The molecule has 32 heavy (non-hydrogen) atoms. The first-order valence-electron chi connectivity index (χ1n) is 9.93. The molecule has 1 N–H and O–H groups in total. The maximum atomic E-state index is 13.4. The number of carbonyl (C=O) groups excluding carboxylic acids is 3. The topological polar surface area (TPSA) is 127 Å². The molecule has 1 unspecified atom stereocenters. The highest BCUT2D eigenvalue weighted by atomic mass is 16.6. The quantitative estimate of drug-likeness (QED) is 0.381. The standard InChI is InChI=1S/C23H22N2O7/c1-3-32-21(27)19-20(17-9-11-18(12-10-17)25(30)31)24(14-16-7-5-4-6-8-16)22(28)23(19,29)13-15(2)26/h4-12,29H,3,13-14H2,1-2H3. The van der Waals surface area contributed by atoms with Crippen molar-refractivity contribution in [1.29, 1.82) is 0 Å². The van der Waals surface area contributed by atoms with E-state index in [0.29, 0.717) is 5.56 Å². The summed E-state index contributed by atoms with van der Waals surface area (Å²) in [5.41, 5.74) is -1.88. The van der Waals surface area contributed by atoms with Crippen molar-refractivity contribution < 1.29 is 29.2 Å². The van der Waals surface area contributed by atoms with Crippen LogP contribution in [0, 0.1) is 10.1 Å². The van der Waals surface area contributed by atoms with E-state index in [0.717, 1.165) is 5.56 Å². The molecule has 0 bridgehead atoms. The molecule has 0 aliphatic carbocycles. The summed E-state index contributed by atoms with van der Waals surface area (Å²) < 4.78 is 5.11. The summed E-state index contributed by atoms with van der Waals surface area (Å²) in [5.74, 6) is -2.27. The zero-order valence-corrected chi connectivity index (χ0v) is 17.6. The molecule has 1 aliphatic rings. The molecule has 0 saturated carbocycles. The Morgan fingerprint density at radius 1 is 1.12 bits per heavy atom. The van der Waals surface area contributed by atoms with E-state index in [4.69, 9.17) is 4.74 Å². The molecule has 2 aromatic rings. The highest BCUT2D eigenvalue weighted by molar-refractivity contribution is 6.16. The van der Waals surface area contributed by atoms with Crippen LogP contribution in [0.1, 0.15) is 31.4 Å². The first-order chi connectivity index (χ1) is 15.2. The molecule has 0 saturated heterocycles. The number of carbonyl (C=O) groups is 3. The summed E-state index contributed by atoms with van der Waals surface area (Å²) in [7, 11) is 0. The lowest BCUT2D eigenvalue weighted by Gasteiger charge is -2.24. The lowest BCUT2D eigenvalue weighted by Crippen LogP contribution is -2.45. The Hall–Kier alpha value is -3.85. The normalized spacial score (nSPS) is 18.1. The summed E-state index contributed by atoms with van der Waals surface area (Å²) >= 11 is 0. The van der Waals surface area contributed by atoms with E-state index in [-0.39, 0.29) is 30.1 Å². The fourth-order valence-corrected chi connectivity index (χ4v) is 3.71. The van der Waals surface area contributed by atoms with Crippen molar-refractivity contribution in [3.8, 4) is 0 Å². The molecule has 0 aromatic heterocycles. The van der Waals surface area contributed by atoms with Gasteiger partial charge in [0.25, 0.3) is 11.6 Å². The van der Waals surface area contributed by atoms with E-state index in [9.17, 15) is 29.6 Å². The Labute approximate surface area is 184 Å². The Kier molecular flexibility index (Phi) is 6.50. The van der Waals surface area contributed by atoms with Crippen LogP contribution in [0.5, 0.6) is 0 Å². The third kappa shape index (κ3) is 4.28. The minimum atomic E-state index is -2.41. The lowest BCUT2D eigenvalue weighted by molar-refractivity contribution is -0.384. The van der Waals surface area contributed by atoms with E-state index >= 15 is 0 Å². The van der Waals surface area contributed by atoms with Gasteiger partial charge in [-0.15, -0.1) is 0 Å². The number of nitro benzene ring substituents is 1. The second-order valence-corrected chi connectivity index (χ2v) is 7.36. The average molecular weight is 438 g/mol. The average Bonchev–Trinajstić information content (AvgIpc) is 2.95. The molecule has 0 spiro atoms. The molecular formula is C23H22N2O7. The zero-order valence-electron chi connectivity index (χ0n) is 17.6. The Morgan fingerprint density at radius 3 is 2.28 bits per heavy atom. The van der Waals surface area contributed by atoms with Crippen molar-refractivity contribution in [2.45, 2.75) is 32.4 Å². The number of nitrogens with zero attached hydrogens (tertiary/aromatic N) is 2. The van der Waals surface area contributed by atoms with E-state index in [1.54, 1.807) is 37.3 Å². The predicted molar refractivity (Wildman–Crippen MR) is 114 cm³/mol. The highest BCUT2D eigenvalue weighted by Crippen LogP contribution is 2.42. The van der Waals surface area contributed by atoms with Gasteiger partial charge in [-0.1, -0.05) is 30.3 Å². The fraction of sp³-hybridized carbons (Fsp3) is 0.261. The molecule has 0 fully saturated rings. The van der Waals surface area contributed by atoms with Crippen molar-refractivity contribution in [3.05, 3.63) is 81.4 Å². The largest absolute Gasteiger partial charge is 0.462 e. The number of aliphatic hydroxyl groups is 1. The van der Waals surface area contributed by atoms with E-state index in [2.05, 4.69) is 0 Å². The number of amides is 1. The molecular weight excluding hydrogens is 416 g/mol. The van der Waals surface area contributed by atoms with Gasteiger partial charge in [-0.3, -0.25) is 19.7 Å². The maximum absolute atomic E-state index is 13.4. The van der Waals surface area contributed by atoms with Crippen LogP contribution >= 0.6 is 0 Å². The van der Waals surface area contributed by atoms with Crippen LogP contribution in [0.3, 0.4) is 0 Å². The molecule has 1 amide bonds. The molecule has 0 radical (unpaired) electrons. The van der Waals surface area contributed by atoms with Crippen LogP contribution in [0.15, 0.2) is 60.2 Å². The van der Waals surface area contributed by atoms with Gasteiger partial charge in [0.1, 0.15) is 11.4 Å². The Bertz CT molecular complexity index is 1090. The number of benzene rings is 2. The fourth-order valence-electron chi connectivity index (χ4n) is 3.71. The van der Waals surface area contributed by atoms with Crippen molar-refractivity contribution >= 4 is 29.0 Å². The van der Waals surface area contributed by atoms with Gasteiger partial charge in [0, 0.05) is 18.6 Å². The maximum Gasteiger partial charge on any atom is 0.339 e. The SMILES string of the molecule is CCOC(=O)C1=C(c2ccc([N+](=O)[O-])cc2)N(Cc2ccccc2)C(=O)C1(O)CC(C)=O. The highest BCUT2D eigenvalue weighted by Gasteiger charge is 2.55. The number of hydrogen-bond donors (Lipinski definition) is 1. The van der Waals surface area contributed by atoms with Gasteiger partial charge in [0.15, 0.2) is 5.60 Å². The monoisotopic (exact) mass is 438 g/mol. The Balaban J connectivity index is 2.24. The van der Waals surface area contributed by atoms with E-state index in [1.807, 2.05) is 0 Å². The number of nitro groups is 1. The van der Waals surface area contributed by atoms with Gasteiger partial charge in [0.05, 0.1) is 23.8 Å². The molecule has 1 atom stereocenters. The van der Waals surface area contributed by atoms with Crippen LogP contribution in [-0.4, -0.2) is 44.8 Å². The molecule has 9 heteroatoms. The van der Waals surface area contributed by atoms with Crippen molar-refractivity contribution in [2.24, 2.45) is 0 Å². The van der Waals surface area contributed by atoms with Crippen molar-refractivity contribution in [2.75, 3.05) is 6.61 Å². The van der Waals surface area contributed by atoms with Crippen molar-refractivity contribution in [1.82, 2.24) is 4.90 Å². The third-order valence-corrected chi connectivity index (χ3v) is 5.04. The van der Waals surface area contributed by atoms with Crippen molar-refractivity contribution in [3.63, 3.8) is 0 Å². The molecule has 3 rings (SSSR count). The smallest absolute Gasteiger partial charge is 0.339 e. The van der Waals surface area contributed by atoms with Crippen LogP contribution in [0.2, 0.25) is 0 Å². The molecule has 9 nitrogen and oxygen atoms in total. The number of ether oxygens (including phenoxy) is 1. The number of Topliss-reactive ketones (excluding diaryl/α,β-unsaturated/α-hetero) is 1. The number of esters is 1. The predicted octanol–water partition coefficient (Wildman–Crippen LogP) is 2.62. The second kappa shape index (κ2) is 9.11. The van der Waals surface area contributed by atoms with Crippen LogP contribution in [0.4, 0.5) is 5.69 Å². The lowest BCUT2D eigenvalue weighted by atomic mass is 9.88. The third-order valence-electron chi connectivity index (χ3n) is 5.04. The number of rotatable bonds is 8. The van der Waals surface area contributed by atoms with Gasteiger partial charge in [-0.2, -0.15) is 0 Å².